The molecule has 2 aliphatic rings. The third-order valence-electron chi connectivity index (χ3n) is 8.91. The van der Waals surface area contributed by atoms with Crippen LogP contribution in [-0.4, -0.2) is 63.9 Å². The minimum atomic E-state index is -4.67. The Morgan fingerprint density at radius 1 is 1.02 bits per heavy atom. The summed E-state index contributed by atoms with van der Waals surface area (Å²) in [5, 5.41) is 12.0. The minimum absolute atomic E-state index is 0.130. The molecular weight excluding hydrogens is 601 g/mol. The molecule has 4 aromatic heterocycles. The van der Waals surface area contributed by atoms with Gasteiger partial charge in [0.1, 0.15) is 29.8 Å². The summed E-state index contributed by atoms with van der Waals surface area (Å²) in [6.07, 6.45) is 0.968. The normalized spacial score (nSPS) is 19.3. The predicted octanol–water partition coefficient (Wildman–Crippen LogP) is 5.00. The number of fused-ring (bicyclic) bond motifs is 4. The van der Waals surface area contributed by atoms with Gasteiger partial charge in [0, 0.05) is 42.4 Å². The lowest BCUT2D eigenvalue weighted by Gasteiger charge is -2.34. The maximum atomic E-state index is 13.9. The first-order chi connectivity index (χ1) is 21.9. The largest absolute Gasteiger partial charge is 0.433 e. The van der Waals surface area contributed by atoms with Crippen molar-refractivity contribution in [2.75, 3.05) is 5.32 Å². The van der Waals surface area contributed by atoms with Crippen LogP contribution >= 0.6 is 0 Å². The van der Waals surface area contributed by atoms with Gasteiger partial charge in [-0.1, -0.05) is 12.1 Å². The second-order valence-corrected chi connectivity index (χ2v) is 12.0. The number of hydrogen-bond acceptors (Lipinski definition) is 7. The van der Waals surface area contributed by atoms with Crippen LogP contribution in [0.15, 0.2) is 48.8 Å². The summed E-state index contributed by atoms with van der Waals surface area (Å²) in [4.78, 5) is 49.7. The number of benzene rings is 1. The van der Waals surface area contributed by atoms with Gasteiger partial charge in [-0.15, -0.1) is 0 Å². The van der Waals surface area contributed by atoms with E-state index in [9.17, 15) is 27.6 Å². The SMILES string of the molecule is CC(=O)c1nn(CC(=O)N2[C@H]3CC[C@H](C3)[C@H]2C(=O)Nc2nc(C(F)(F)F)ccc2C)c2ccc(-c3cnc4cc(C)nn4c3)cc12. The summed E-state index contributed by atoms with van der Waals surface area (Å²) in [5.41, 5.74) is 3.14. The summed E-state index contributed by atoms with van der Waals surface area (Å²) < 4.78 is 43.1. The van der Waals surface area contributed by atoms with Crippen molar-refractivity contribution in [3.05, 3.63) is 71.4 Å². The molecule has 0 spiro atoms. The van der Waals surface area contributed by atoms with E-state index in [1.54, 1.807) is 23.7 Å². The Bertz CT molecular complexity index is 2070. The lowest BCUT2D eigenvalue weighted by Crippen LogP contribution is -2.52. The van der Waals surface area contributed by atoms with Crippen LogP contribution in [0.4, 0.5) is 19.0 Å². The molecular formula is C32H29F3N8O3. The number of hydrogen-bond donors (Lipinski definition) is 1. The molecule has 1 aromatic carbocycles. The van der Waals surface area contributed by atoms with Crippen LogP contribution in [0.1, 0.15) is 53.6 Å². The van der Waals surface area contributed by atoms with Crippen molar-refractivity contribution in [3.8, 4) is 11.1 Å². The summed E-state index contributed by atoms with van der Waals surface area (Å²) in [7, 11) is 0. The summed E-state index contributed by atoms with van der Waals surface area (Å²) in [5.74, 6) is -1.53. The molecule has 1 saturated carbocycles. The molecule has 1 N–H and O–H groups in total. The number of piperidine rings is 1. The number of anilines is 1. The molecule has 2 amide bonds. The average molecular weight is 631 g/mol. The van der Waals surface area contributed by atoms with Crippen molar-refractivity contribution in [2.45, 2.75) is 64.8 Å². The Kier molecular flexibility index (Phi) is 6.90. The van der Waals surface area contributed by atoms with Gasteiger partial charge in [-0.05, 0) is 68.4 Å². The number of carbonyl (C=O) groups excluding carboxylic acids is 3. The Balaban J connectivity index is 1.17. The highest BCUT2D eigenvalue weighted by molar-refractivity contribution is 6.06. The zero-order valence-corrected chi connectivity index (χ0v) is 25.2. The lowest BCUT2D eigenvalue weighted by atomic mass is 9.97. The average Bonchev–Trinajstić information content (AvgIpc) is 3.78. The molecule has 7 rings (SSSR count). The molecule has 1 aliphatic carbocycles. The summed E-state index contributed by atoms with van der Waals surface area (Å²) >= 11 is 0. The fraction of sp³-hybridized carbons (Fsp3) is 0.344. The van der Waals surface area contributed by atoms with Crippen LogP contribution < -0.4 is 5.32 Å². The van der Waals surface area contributed by atoms with Crippen molar-refractivity contribution < 1.29 is 27.6 Å². The molecule has 5 aromatic rings. The fourth-order valence-corrected chi connectivity index (χ4v) is 6.78. The third-order valence-corrected chi connectivity index (χ3v) is 8.91. The predicted molar refractivity (Wildman–Crippen MR) is 161 cm³/mol. The number of halogens is 3. The molecule has 1 aliphatic heterocycles. The van der Waals surface area contributed by atoms with E-state index in [4.69, 9.17) is 0 Å². The molecule has 3 atom stereocenters. The van der Waals surface area contributed by atoms with Crippen LogP contribution in [0, 0.1) is 19.8 Å². The van der Waals surface area contributed by atoms with Crippen LogP contribution in [-0.2, 0) is 22.3 Å². The first-order valence-corrected chi connectivity index (χ1v) is 14.9. The second kappa shape index (κ2) is 10.7. The van der Waals surface area contributed by atoms with E-state index >= 15 is 0 Å². The molecule has 1 saturated heterocycles. The lowest BCUT2D eigenvalue weighted by molar-refractivity contribution is -0.141. The van der Waals surface area contributed by atoms with Crippen LogP contribution in [0.5, 0.6) is 0 Å². The van der Waals surface area contributed by atoms with Gasteiger partial charge < -0.3 is 10.2 Å². The van der Waals surface area contributed by atoms with Gasteiger partial charge in [0.15, 0.2) is 11.4 Å². The smallest absolute Gasteiger partial charge is 0.326 e. The van der Waals surface area contributed by atoms with E-state index in [1.807, 2.05) is 31.3 Å². The van der Waals surface area contributed by atoms with Gasteiger partial charge in [-0.25, -0.2) is 14.5 Å². The molecule has 2 bridgehead atoms. The second-order valence-electron chi connectivity index (χ2n) is 12.0. The number of amides is 2. The van der Waals surface area contributed by atoms with E-state index in [-0.39, 0.29) is 41.7 Å². The highest BCUT2D eigenvalue weighted by Crippen LogP contribution is 2.43. The molecule has 0 radical (unpaired) electrons. The number of Topliss-reactive ketones (excluding diaryl/α,β-unsaturated/α-hetero) is 1. The molecule has 5 heterocycles. The van der Waals surface area contributed by atoms with E-state index < -0.39 is 23.8 Å². The van der Waals surface area contributed by atoms with Gasteiger partial charge in [0.25, 0.3) is 0 Å². The number of rotatable bonds is 6. The number of ketones is 1. The molecule has 11 nitrogen and oxygen atoms in total. The third kappa shape index (κ3) is 5.07. The molecule has 46 heavy (non-hydrogen) atoms. The van der Waals surface area contributed by atoms with Crippen molar-refractivity contribution >= 4 is 40.0 Å². The number of aromatic nitrogens is 6. The number of likely N-dealkylation sites (tertiary alicyclic amines) is 1. The number of nitrogens with one attached hydrogen (secondary N) is 1. The number of pyridine rings is 1. The monoisotopic (exact) mass is 630 g/mol. The zero-order chi connectivity index (χ0) is 32.5. The molecule has 236 valence electrons. The first kappa shape index (κ1) is 29.6. The number of nitrogens with zero attached hydrogens (tertiary/aromatic N) is 7. The number of carbonyl (C=O) groups is 3. The van der Waals surface area contributed by atoms with Crippen LogP contribution in [0.3, 0.4) is 0 Å². The van der Waals surface area contributed by atoms with E-state index in [0.717, 1.165) is 35.7 Å². The maximum absolute atomic E-state index is 13.9. The standard InChI is InChI=1S/C32H29F3N8O3/c1-16-4-9-25(32(33,34)35)37-30(16)38-31(46)29-20-5-7-22(11-20)43(29)27(45)15-41-24-8-6-19(12-23(24)28(40-41)18(3)44)21-13-36-26-10-17(2)39-42(26)14-21/h4,6,8-10,12-14,20,22,29H,5,7,11,15H2,1-3H3,(H,37,38,46)/t20-,22+,29+/m1/s1. The first-order valence-electron chi connectivity index (χ1n) is 14.9. The van der Waals surface area contributed by atoms with Crippen molar-refractivity contribution in [1.29, 1.82) is 0 Å². The van der Waals surface area contributed by atoms with Crippen molar-refractivity contribution in [3.63, 3.8) is 0 Å². The zero-order valence-electron chi connectivity index (χ0n) is 25.2. The Labute approximate surface area is 260 Å². The molecule has 14 heteroatoms. The minimum Gasteiger partial charge on any atom is -0.326 e. The molecule has 0 unspecified atom stereocenters. The Hall–Kier alpha value is -5.14. The molecule has 2 fully saturated rings. The maximum Gasteiger partial charge on any atom is 0.433 e. The van der Waals surface area contributed by atoms with E-state index in [0.29, 0.717) is 28.5 Å². The quantitative estimate of drug-likeness (QED) is 0.262. The number of alkyl halides is 3. The van der Waals surface area contributed by atoms with Crippen LogP contribution in [0.25, 0.3) is 27.7 Å². The van der Waals surface area contributed by atoms with Crippen LogP contribution in [0.2, 0.25) is 0 Å². The van der Waals surface area contributed by atoms with Gasteiger partial charge in [-0.3, -0.25) is 19.1 Å². The highest BCUT2D eigenvalue weighted by Gasteiger charge is 2.51. The Morgan fingerprint density at radius 3 is 2.59 bits per heavy atom. The van der Waals surface area contributed by atoms with Gasteiger partial charge in [0.2, 0.25) is 11.8 Å². The van der Waals surface area contributed by atoms with E-state index in [2.05, 4.69) is 25.5 Å². The van der Waals surface area contributed by atoms with E-state index in [1.165, 1.54) is 22.6 Å². The summed E-state index contributed by atoms with van der Waals surface area (Å²) in [6.45, 7) is 4.62. The van der Waals surface area contributed by atoms with Gasteiger partial charge >= 0.3 is 6.18 Å². The van der Waals surface area contributed by atoms with Gasteiger partial charge in [0.05, 0.1) is 11.2 Å². The fourth-order valence-electron chi connectivity index (χ4n) is 6.78. The highest BCUT2D eigenvalue weighted by atomic mass is 19.4. The summed E-state index contributed by atoms with van der Waals surface area (Å²) in [6, 6.07) is 8.41. The van der Waals surface area contributed by atoms with Gasteiger partial charge in [-0.2, -0.15) is 23.4 Å². The number of aryl methyl sites for hydroxylation is 2. The Morgan fingerprint density at radius 2 is 1.83 bits per heavy atom. The van der Waals surface area contributed by atoms with Crippen molar-refractivity contribution in [1.82, 2.24) is 34.3 Å². The topological polar surface area (TPSA) is 127 Å². The van der Waals surface area contributed by atoms with Crippen molar-refractivity contribution in [2.24, 2.45) is 5.92 Å².